The number of nitrogens with one attached hydrogen (secondary N) is 2. The van der Waals surface area contributed by atoms with E-state index in [1.807, 2.05) is 12.1 Å². The van der Waals surface area contributed by atoms with Crippen molar-refractivity contribution < 1.29 is 18.1 Å². The Morgan fingerprint density at radius 1 is 0.839 bits per heavy atom. The van der Waals surface area contributed by atoms with E-state index in [2.05, 4.69) is 25.6 Å². The number of hydrogen-bond acceptors (Lipinski definition) is 7. The summed E-state index contributed by atoms with van der Waals surface area (Å²) >= 11 is 0. The third-order valence-electron chi connectivity index (χ3n) is 4.38. The van der Waals surface area contributed by atoms with Gasteiger partial charge in [0.05, 0.1) is 27.4 Å². The standard InChI is InChI=1S/C20H13F3N6O2/c21-20(22,23)13-7-1-2-8-14(13)27-18-17(29(30)31)19(26-11-25-18)28-15-9-3-5-12-6-4-10-24-16(12)15/h1-11H,(H2,25,26,27,28). The molecule has 8 nitrogen and oxygen atoms in total. The number of aromatic nitrogens is 3. The minimum atomic E-state index is -4.65. The second-order valence-corrected chi connectivity index (χ2v) is 6.35. The molecule has 0 saturated heterocycles. The van der Waals surface area contributed by atoms with E-state index in [1.54, 1.807) is 24.4 Å². The summed E-state index contributed by atoms with van der Waals surface area (Å²) in [7, 11) is 0. The van der Waals surface area contributed by atoms with Gasteiger partial charge in [-0.15, -0.1) is 0 Å². The molecule has 2 N–H and O–H groups in total. The van der Waals surface area contributed by atoms with Crippen molar-refractivity contribution in [2.24, 2.45) is 0 Å². The van der Waals surface area contributed by atoms with Crippen LogP contribution in [-0.4, -0.2) is 19.9 Å². The third kappa shape index (κ3) is 4.06. The van der Waals surface area contributed by atoms with Crippen LogP contribution in [0.4, 0.5) is 41.9 Å². The summed E-state index contributed by atoms with van der Waals surface area (Å²) in [6, 6.07) is 13.4. The highest BCUT2D eigenvalue weighted by Crippen LogP contribution is 2.39. The Hall–Kier alpha value is -4.28. The molecule has 0 atom stereocenters. The number of hydrogen-bond donors (Lipinski definition) is 2. The van der Waals surface area contributed by atoms with E-state index in [-0.39, 0.29) is 17.3 Å². The van der Waals surface area contributed by atoms with Gasteiger partial charge < -0.3 is 10.6 Å². The third-order valence-corrected chi connectivity index (χ3v) is 4.38. The first-order valence-electron chi connectivity index (χ1n) is 8.88. The molecule has 2 aromatic carbocycles. The molecule has 0 bridgehead atoms. The molecule has 0 spiro atoms. The number of anilines is 4. The zero-order valence-corrected chi connectivity index (χ0v) is 15.6. The Morgan fingerprint density at radius 3 is 2.19 bits per heavy atom. The van der Waals surface area contributed by atoms with Crippen LogP contribution >= 0.6 is 0 Å². The van der Waals surface area contributed by atoms with E-state index >= 15 is 0 Å². The van der Waals surface area contributed by atoms with Gasteiger partial charge in [-0.3, -0.25) is 15.1 Å². The highest BCUT2D eigenvalue weighted by molar-refractivity contribution is 5.93. The molecule has 4 rings (SSSR count). The lowest BCUT2D eigenvalue weighted by Gasteiger charge is -2.15. The smallest absolute Gasteiger partial charge is 0.334 e. The Bertz CT molecular complexity index is 1270. The molecule has 2 aromatic heterocycles. The fourth-order valence-electron chi connectivity index (χ4n) is 3.03. The van der Waals surface area contributed by atoms with Crippen LogP contribution in [0.25, 0.3) is 10.9 Å². The molecular weight excluding hydrogens is 413 g/mol. The van der Waals surface area contributed by atoms with Crippen LogP contribution in [0.2, 0.25) is 0 Å². The topological polar surface area (TPSA) is 106 Å². The van der Waals surface area contributed by atoms with Crippen LogP contribution in [-0.2, 0) is 6.18 Å². The van der Waals surface area contributed by atoms with Crippen molar-refractivity contribution in [1.29, 1.82) is 0 Å². The number of fused-ring (bicyclic) bond motifs is 1. The van der Waals surface area contributed by atoms with Gasteiger partial charge in [0.15, 0.2) is 0 Å². The van der Waals surface area contributed by atoms with E-state index in [4.69, 9.17) is 0 Å². The monoisotopic (exact) mass is 426 g/mol. The van der Waals surface area contributed by atoms with Crippen LogP contribution in [0, 0.1) is 10.1 Å². The van der Waals surface area contributed by atoms with Crippen molar-refractivity contribution in [2.75, 3.05) is 10.6 Å². The fourth-order valence-corrected chi connectivity index (χ4v) is 3.03. The second kappa shape index (κ2) is 7.86. The highest BCUT2D eigenvalue weighted by atomic mass is 19.4. The normalized spacial score (nSPS) is 11.3. The van der Waals surface area contributed by atoms with Gasteiger partial charge in [-0.25, -0.2) is 9.97 Å². The van der Waals surface area contributed by atoms with Crippen LogP contribution in [0.3, 0.4) is 0 Å². The number of benzene rings is 2. The lowest BCUT2D eigenvalue weighted by atomic mass is 10.1. The summed E-state index contributed by atoms with van der Waals surface area (Å²) in [5.41, 5.74) is -0.950. The van der Waals surface area contributed by atoms with Crippen molar-refractivity contribution in [3.8, 4) is 0 Å². The van der Waals surface area contributed by atoms with E-state index in [9.17, 15) is 23.3 Å². The lowest BCUT2D eigenvalue weighted by molar-refractivity contribution is -0.383. The minimum Gasteiger partial charge on any atom is -0.334 e. The zero-order valence-electron chi connectivity index (χ0n) is 15.6. The molecule has 0 aliphatic rings. The lowest BCUT2D eigenvalue weighted by Crippen LogP contribution is -2.11. The molecule has 0 aliphatic carbocycles. The van der Waals surface area contributed by atoms with Gasteiger partial charge in [0.2, 0.25) is 11.6 Å². The van der Waals surface area contributed by atoms with Crippen LogP contribution < -0.4 is 10.6 Å². The number of para-hydroxylation sites is 2. The second-order valence-electron chi connectivity index (χ2n) is 6.35. The molecule has 156 valence electrons. The van der Waals surface area contributed by atoms with Crippen molar-refractivity contribution in [1.82, 2.24) is 15.0 Å². The Labute approximate surface area is 173 Å². The molecule has 0 amide bonds. The molecule has 0 radical (unpaired) electrons. The van der Waals surface area contributed by atoms with Gasteiger partial charge in [0.25, 0.3) is 0 Å². The molecule has 31 heavy (non-hydrogen) atoms. The first-order valence-corrected chi connectivity index (χ1v) is 8.88. The number of alkyl halides is 3. The first-order chi connectivity index (χ1) is 14.8. The van der Waals surface area contributed by atoms with Crippen LogP contribution in [0.1, 0.15) is 5.56 Å². The number of halogens is 3. The quantitative estimate of drug-likeness (QED) is 0.323. The van der Waals surface area contributed by atoms with Gasteiger partial charge in [-0.05, 0) is 24.3 Å². The minimum absolute atomic E-state index is 0.190. The number of pyridine rings is 1. The van der Waals surface area contributed by atoms with Crippen LogP contribution in [0.5, 0.6) is 0 Å². The van der Waals surface area contributed by atoms with Gasteiger partial charge in [-0.2, -0.15) is 13.2 Å². The molecule has 0 unspecified atom stereocenters. The number of nitro groups is 1. The van der Waals surface area contributed by atoms with Gasteiger partial charge in [-0.1, -0.05) is 30.3 Å². The zero-order chi connectivity index (χ0) is 22.0. The van der Waals surface area contributed by atoms with Crippen molar-refractivity contribution >= 4 is 39.6 Å². The summed E-state index contributed by atoms with van der Waals surface area (Å²) in [6.45, 7) is 0. The Morgan fingerprint density at radius 2 is 1.48 bits per heavy atom. The number of nitrogens with zero attached hydrogens (tertiary/aromatic N) is 4. The summed E-state index contributed by atoms with van der Waals surface area (Å²) in [5, 5.41) is 17.8. The van der Waals surface area contributed by atoms with Crippen molar-refractivity contribution in [3.63, 3.8) is 0 Å². The average molecular weight is 426 g/mol. The Balaban J connectivity index is 1.77. The molecule has 0 fully saturated rings. The molecule has 0 aliphatic heterocycles. The molecular formula is C20H13F3N6O2. The maximum atomic E-state index is 13.3. The van der Waals surface area contributed by atoms with Gasteiger partial charge in [0, 0.05) is 11.6 Å². The summed E-state index contributed by atoms with van der Waals surface area (Å²) in [6.07, 6.45) is -2.06. The van der Waals surface area contributed by atoms with E-state index in [0.717, 1.165) is 23.8 Å². The van der Waals surface area contributed by atoms with Crippen molar-refractivity contribution in [3.05, 3.63) is 82.8 Å². The van der Waals surface area contributed by atoms with Crippen molar-refractivity contribution in [2.45, 2.75) is 6.18 Å². The molecule has 11 heteroatoms. The largest absolute Gasteiger partial charge is 0.418 e. The highest BCUT2D eigenvalue weighted by Gasteiger charge is 2.34. The maximum absolute atomic E-state index is 13.3. The number of rotatable bonds is 5. The van der Waals surface area contributed by atoms with E-state index in [0.29, 0.717) is 11.2 Å². The summed E-state index contributed by atoms with van der Waals surface area (Å²) < 4.78 is 39.9. The summed E-state index contributed by atoms with van der Waals surface area (Å²) in [4.78, 5) is 23.0. The van der Waals surface area contributed by atoms with E-state index < -0.39 is 22.4 Å². The molecule has 0 saturated carbocycles. The predicted molar refractivity (Wildman–Crippen MR) is 108 cm³/mol. The molecule has 2 heterocycles. The van der Waals surface area contributed by atoms with E-state index in [1.165, 1.54) is 12.1 Å². The average Bonchev–Trinajstić information content (AvgIpc) is 2.73. The van der Waals surface area contributed by atoms with Gasteiger partial charge >= 0.3 is 11.9 Å². The predicted octanol–water partition coefficient (Wildman–Crippen LogP) is 5.44. The van der Waals surface area contributed by atoms with Gasteiger partial charge in [0.1, 0.15) is 6.33 Å². The Kier molecular flexibility index (Phi) is 5.07. The SMILES string of the molecule is O=[N+]([O-])c1c(Nc2ccccc2C(F)(F)F)ncnc1Nc1cccc2cccnc12. The fraction of sp³-hybridized carbons (Fsp3) is 0.0500. The first kappa shape index (κ1) is 20.0. The maximum Gasteiger partial charge on any atom is 0.418 e. The summed E-state index contributed by atoms with van der Waals surface area (Å²) in [5.74, 6) is -0.572. The van der Waals surface area contributed by atoms with Crippen LogP contribution in [0.15, 0.2) is 67.1 Å². The molecule has 4 aromatic rings.